The third kappa shape index (κ3) is 5.08. The molecule has 0 saturated heterocycles. The minimum atomic E-state index is -0.486. The lowest BCUT2D eigenvalue weighted by molar-refractivity contribution is 0.354. The Labute approximate surface area is 159 Å². The molecule has 0 fully saturated rings. The molecule has 0 heterocycles. The van der Waals surface area contributed by atoms with Gasteiger partial charge in [0, 0.05) is 30.2 Å². The summed E-state index contributed by atoms with van der Waals surface area (Å²) in [4.78, 5) is 4.08. The monoisotopic (exact) mass is 427 g/mol. The molecule has 0 bridgehead atoms. The number of ether oxygens (including phenoxy) is 2. The summed E-state index contributed by atoms with van der Waals surface area (Å²) in [7, 11) is 4.73. The summed E-state index contributed by atoms with van der Waals surface area (Å²) >= 11 is 3.49. The van der Waals surface area contributed by atoms with Crippen LogP contribution in [0.3, 0.4) is 0 Å². The number of guanidine groups is 1. The molecule has 0 aliphatic carbocycles. The van der Waals surface area contributed by atoms with Gasteiger partial charge >= 0.3 is 0 Å². The topological polar surface area (TPSA) is 54.9 Å². The normalized spacial score (nSPS) is 11.2. The van der Waals surface area contributed by atoms with Gasteiger partial charge in [-0.2, -0.15) is 0 Å². The van der Waals surface area contributed by atoms with Crippen LogP contribution in [0, 0.1) is 11.6 Å². The maximum atomic E-state index is 13.7. The summed E-state index contributed by atoms with van der Waals surface area (Å²) in [6.07, 6.45) is 0. The van der Waals surface area contributed by atoms with Crippen LogP contribution < -0.4 is 20.1 Å². The Hall–Kier alpha value is -2.35. The third-order valence-electron chi connectivity index (χ3n) is 3.68. The number of halogens is 3. The molecule has 2 aromatic carbocycles. The van der Waals surface area contributed by atoms with Crippen molar-refractivity contribution in [2.75, 3.05) is 21.3 Å². The Bertz CT molecular complexity index is 800. The number of benzene rings is 2. The average molecular weight is 428 g/mol. The summed E-state index contributed by atoms with van der Waals surface area (Å²) in [5, 5.41) is 6.07. The zero-order valence-electron chi connectivity index (χ0n) is 14.7. The molecular weight excluding hydrogens is 408 g/mol. The highest BCUT2D eigenvalue weighted by Gasteiger charge is 2.10. The van der Waals surface area contributed by atoms with Gasteiger partial charge in [0.15, 0.2) is 17.5 Å². The van der Waals surface area contributed by atoms with Crippen molar-refractivity contribution in [2.45, 2.75) is 13.1 Å². The molecule has 2 aromatic rings. The van der Waals surface area contributed by atoms with Gasteiger partial charge in [0.2, 0.25) is 0 Å². The summed E-state index contributed by atoms with van der Waals surface area (Å²) < 4.78 is 38.3. The van der Waals surface area contributed by atoms with Crippen molar-refractivity contribution in [3.63, 3.8) is 0 Å². The van der Waals surface area contributed by atoms with Crippen LogP contribution in [0.25, 0.3) is 0 Å². The van der Waals surface area contributed by atoms with Crippen LogP contribution in [0.15, 0.2) is 39.8 Å². The molecule has 0 atom stereocenters. The second kappa shape index (κ2) is 9.38. The molecule has 0 aliphatic rings. The summed E-state index contributed by atoms with van der Waals surface area (Å²) in [6.45, 7) is 0.544. The van der Waals surface area contributed by atoms with E-state index >= 15 is 0 Å². The largest absolute Gasteiger partial charge is 0.493 e. The first-order valence-electron chi connectivity index (χ1n) is 7.77. The van der Waals surface area contributed by atoms with Crippen molar-refractivity contribution in [1.29, 1.82) is 0 Å². The van der Waals surface area contributed by atoms with Gasteiger partial charge in [-0.3, -0.25) is 4.99 Å². The summed E-state index contributed by atoms with van der Waals surface area (Å²) in [5.74, 6) is 0.720. The molecule has 0 aromatic heterocycles. The van der Waals surface area contributed by atoms with E-state index in [-0.39, 0.29) is 12.1 Å². The van der Waals surface area contributed by atoms with E-state index in [1.54, 1.807) is 21.3 Å². The smallest absolute Gasteiger partial charge is 0.191 e. The van der Waals surface area contributed by atoms with Crippen molar-refractivity contribution in [1.82, 2.24) is 10.6 Å². The molecule has 0 unspecified atom stereocenters. The highest BCUT2D eigenvalue weighted by molar-refractivity contribution is 9.10. The summed E-state index contributed by atoms with van der Waals surface area (Å²) in [5.41, 5.74) is 1.14. The predicted octanol–water partition coefficient (Wildman–Crippen LogP) is 3.61. The van der Waals surface area contributed by atoms with Gasteiger partial charge in [-0.05, 0) is 35.9 Å². The molecule has 0 spiro atoms. The van der Waals surface area contributed by atoms with Crippen LogP contribution in [0.1, 0.15) is 11.1 Å². The minimum absolute atomic E-state index is 0.108. The maximum absolute atomic E-state index is 13.7. The van der Waals surface area contributed by atoms with Gasteiger partial charge in [-0.25, -0.2) is 8.78 Å². The molecule has 8 heteroatoms. The molecule has 2 rings (SSSR count). The Kier molecular flexibility index (Phi) is 7.20. The number of hydrogen-bond acceptors (Lipinski definition) is 3. The van der Waals surface area contributed by atoms with Gasteiger partial charge in [-0.15, -0.1) is 0 Å². The van der Waals surface area contributed by atoms with Gasteiger partial charge in [0.05, 0.1) is 14.2 Å². The van der Waals surface area contributed by atoms with Gasteiger partial charge in [0.1, 0.15) is 11.6 Å². The number of nitrogens with one attached hydrogen (secondary N) is 2. The van der Waals surface area contributed by atoms with Crippen molar-refractivity contribution >= 4 is 21.9 Å². The Balaban J connectivity index is 2.02. The number of methoxy groups -OCH3 is 2. The zero-order valence-corrected chi connectivity index (χ0v) is 16.3. The van der Waals surface area contributed by atoms with E-state index in [4.69, 9.17) is 9.47 Å². The van der Waals surface area contributed by atoms with Crippen molar-refractivity contribution < 1.29 is 18.3 Å². The first-order valence-corrected chi connectivity index (χ1v) is 8.56. The highest BCUT2D eigenvalue weighted by Crippen LogP contribution is 2.33. The molecule has 0 aliphatic heterocycles. The SMILES string of the molecule is CN=C(NCc1cc(F)ccc1F)NCc1cc(OC)c(OC)cc1Br. The third-order valence-corrected chi connectivity index (χ3v) is 4.41. The van der Waals surface area contributed by atoms with Crippen LogP contribution in [0.4, 0.5) is 8.78 Å². The van der Waals surface area contributed by atoms with E-state index in [0.717, 1.165) is 28.2 Å². The molecule has 0 saturated carbocycles. The predicted molar refractivity (Wildman–Crippen MR) is 101 cm³/mol. The standard InChI is InChI=1S/C18H20BrF2N3O2/c1-22-18(24-10-12-6-13(20)4-5-15(12)21)23-9-11-7-16(25-2)17(26-3)8-14(11)19/h4-8H,9-10H2,1-3H3,(H2,22,23,24). The van der Waals surface area contributed by atoms with Crippen LogP contribution in [-0.4, -0.2) is 27.2 Å². The first kappa shape index (κ1) is 20.0. The molecule has 140 valence electrons. The van der Waals surface area contributed by atoms with E-state index in [0.29, 0.717) is 24.0 Å². The lowest BCUT2D eigenvalue weighted by Crippen LogP contribution is -2.36. The fourth-order valence-corrected chi connectivity index (χ4v) is 2.75. The highest BCUT2D eigenvalue weighted by atomic mass is 79.9. The fraction of sp³-hybridized carbons (Fsp3) is 0.278. The first-order chi connectivity index (χ1) is 12.5. The molecule has 2 N–H and O–H groups in total. The number of hydrogen-bond donors (Lipinski definition) is 2. The van der Waals surface area contributed by atoms with Crippen molar-refractivity contribution in [3.05, 3.63) is 57.6 Å². The van der Waals surface area contributed by atoms with Gasteiger partial charge < -0.3 is 20.1 Å². The van der Waals surface area contributed by atoms with Gasteiger partial charge in [-0.1, -0.05) is 15.9 Å². The van der Waals surface area contributed by atoms with Crippen molar-refractivity contribution in [3.8, 4) is 11.5 Å². The van der Waals surface area contributed by atoms with Crippen LogP contribution in [0.5, 0.6) is 11.5 Å². The quantitative estimate of drug-likeness (QED) is 0.546. The number of nitrogens with zero attached hydrogens (tertiary/aromatic N) is 1. The van der Waals surface area contributed by atoms with E-state index in [1.165, 1.54) is 0 Å². The molecule has 0 radical (unpaired) electrons. The second-order valence-electron chi connectivity index (χ2n) is 5.31. The van der Waals surface area contributed by atoms with Crippen LogP contribution in [0.2, 0.25) is 0 Å². The van der Waals surface area contributed by atoms with Crippen LogP contribution in [-0.2, 0) is 13.1 Å². The maximum Gasteiger partial charge on any atom is 0.191 e. The van der Waals surface area contributed by atoms with E-state index in [2.05, 4.69) is 31.6 Å². The van der Waals surface area contributed by atoms with Gasteiger partial charge in [0.25, 0.3) is 0 Å². The van der Waals surface area contributed by atoms with E-state index in [1.807, 2.05) is 12.1 Å². The lowest BCUT2D eigenvalue weighted by atomic mass is 10.2. The van der Waals surface area contributed by atoms with Crippen LogP contribution >= 0.6 is 15.9 Å². The molecule has 0 amide bonds. The Morgan fingerprint density at radius 1 is 1.00 bits per heavy atom. The van der Waals surface area contributed by atoms with E-state index < -0.39 is 11.6 Å². The number of rotatable bonds is 6. The second-order valence-corrected chi connectivity index (χ2v) is 6.17. The number of aliphatic imine (C=N–C) groups is 1. The van der Waals surface area contributed by atoms with E-state index in [9.17, 15) is 8.78 Å². The fourth-order valence-electron chi connectivity index (χ4n) is 2.29. The molecule has 5 nitrogen and oxygen atoms in total. The molecule has 26 heavy (non-hydrogen) atoms. The summed E-state index contributed by atoms with van der Waals surface area (Å²) in [6, 6.07) is 6.99. The Morgan fingerprint density at radius 2 is 1.62 bits per heavy atom. The average Bonchev–Trinajstić information content (AvgIpc) is 2.65. The molecular formula is C18H20BrF2N3O2. The minimum Gasteiger partial charge on any atom is -0.493 e. The zero-order chi connectivity index (χ0) is 19.1. The van der Waals surface area contributed by atoms with Crippen molar-refractivity contribution in [2.24, 2.45) is 4.99 Å². The lowest BCUT2D eigenvalue weighted by Gasteiger charge is -2.15. The Morgan fingerprint density at radius 3 is 2.23 bits per heavy atom.